The van der Waals surface area contributed by atoms with Crippen molar-refractivity contribution in [2.24, 2.45) is 0 Å². The number of nitro groups is 1. The van der Waals surface area contributed by atoms with Crippen LogP contribution in [-0.2, 0) is 0 Å². The summed E-state index contributed by atoms with van der Waals surface area (Å²) in [6.45, 7) is 0. The van der Waals surface area contributed by atoms with Gasteiger partial charge >= 0.3 is 0 Å². The van der Waals surface area contributed by atoms with Crippen LogP contribution in [0.2, 0.25) is 0 Å². The van der Waals surface area contributed by atoms with Crippen LogP contribution >= 0.6 is 15.9 Å². The van der Waals surface area contributed by atoms with Crippen LogP contribution in [0.15, 0.2) is 39.6 Å². The van der Waals surface area contributed by atoms with Crippen LogP contribution in [0.4, 0.5) is 11.4 Å². The van der Waals surface area contributed by atoms with Crippen molar-refractivity contribution < 1.29 is 14.1 Å². The summed E-state index contributed by atoms with van der Waals surface area (Å²) in [6, 6.07) is 7.01. The molecule has 0 spiro atoms. The second kappa shape index (κ2) is 5.54. The molecule has 1 amide bonds. The molecule has 0 atom stereocenters. The van der Waals surface area contributed by atoms with Gasteiger partial charge in [0, 0.05) is 6.07 Å². The third-order valence-electron chi connectivity index (χ3n) is 2.43. The Kier molecular flexibility index (Phi) is 3.81. The molecule has 1 N–H and O–H groups in total. The maximum Gasteiger partial charge on any atom is 0.294 e. The van der Waals surface area contributed by atoms with Gasteiger partial charge < -0.3 is 9.73 Å². The molecule has 0 aliphatic carbocycles. The lowest BCUT2D eigenvalue weighted by Gasteiger charge is -2.05. The van der Waals surface area contributed by atoms with Crippen molar-refractivity contribution in [1.29, 1.82) is 5.26 Å². The standard InChI is InChI=1S/C12H6BrN3O4/c13-11-8(3-4-20-11)12(17)15-9-2-1-7(6-14)5-10(9)16(18)19/h1-5H,(H,15,17). The van der Waals surface area contributed by atoms with Crippen molar-refractivity contribution in [2.45, 2.75) is 0 Å². The van der Waals surface area contributed by atoms with E-state index in [1.807, 2.05) is 0 Å². The van der Waals surface area contributed by atoms with Crippen molar-refractivity contribution in [1.82, 2.24) is 0 Å². The first-order chi connectivity index (χ1) is 9.52. The lowest BCUT2D eigenvalue weighted by atomic mass is 10.2. The Bertz CT molecular complexity index is 733. The number of benzene rings is 1. The summed E-state index contributed by atoms with van der Waals surface area (Å²) in [4.78, 5) is 22.2. The van der Waals surface area contributed by atoms with E-state index in [4.69, 9.17) is 9.68 Å². The van der Waals surface area contributed by atoms with Crippen LogP contribution in [0.5, 0.6) is 0 Å². The molecular weight excluding hydrogens is 330 g/mol. The molecule has 0 fully saturated rings. The summed E-state index contributed by atoms with van der Waals surface area (Å²) < 4.78 is 5.14. The molecule has 0 aliphatic heterocycles. The molecule has 0 saturated heterocycles. The maximum absolute atomic E-state index is 11.9. The number of amides is 1. The van der Waals surface area contributed by atoms with Crippen LogP contribution in [-0.4, -0.2) is 10.8 Å². The monoisotopic (exact) mass is 335 g/mol. The van der Waals surface area contributed by atoms with Gasteiger partial charge in [0.25, 0.3) is 11.6 Å². The second-order valence-corrected chi connectivity index (χ2v) is 4.38. The molecule has 0 bridgehead atoms. The molecule has 2 rings (SSSR count). The van der Waals surface area contributed by atoms with Gasteiger partial charge in [0.2, 0.25) is 0 Å². The van der Waals surface area contributed by atoms with Crippen molar-refractivity contribution in [3.63, 3.8) is 0 Å². The number of nitrogens with one attached hydrogen (secondary N) is 1. The predicted octanol–water partition coefficient (Wildman–Crippen LogP) is 3.07. The first-order valence-electron chi connectivity index (χ1n) is 5.26. The first kappa shape index (κ1) is 13.8. The van der Waals surface area contributed by atoms with Gasteiger partial charge in [0.05, 0.1) is 28.4 Å². The number of furan rings is 1. The summed E-state index contributed by atoms with van der Waals surface area (Å²) in [5.74, 6) is -0.557. The van der Waals surface area contributed by atoms with E-state index in [9.17, 15) is 14.9 Å². The van der Waals surface area contributed by atoms with Gasteiger partial charge in [0.1, 0.15) is 5.69 Å². The molecule has 20 heavy (non-hydrogen) atoms. The fourth-order valence-corrected chi connectivity index (χ4v) is 1.92. The highest BCUT2D eigenvalue weighted by Gasteiger charge is 2.19. The number of halogens is 1. The number of carbonyl (C=O) groups is 1. The minimum absolute atomic E-state index is 0.00657. The Morgan fingerprint density at radius 3 is 2.75 bits per heavy atom. The molecule has 0 unspecified atom stereocenters. The van der Waals surface area contributed by atoms with Crippen LogP contribution < -0.4 is 5.32 Å². The van der Waals surface area contributed by atoms with E-state index in [1.54, 1.807) is 6.07 Å². The van der Waals surface area contributed by atoms with Crippen molar-refractivity contribution in [2.75, 3.05) is 5.32 Å². The maximum atomic E-state index is 11.9. The first-order valence-corrected chi connectivity index (χ1v) is 6.05. The second-order valence-electron chi connectivity index (χ2n) is 3.66. The molecule has 100 valence electrons. The molecule has 1 aromatic heterocycles. The number of anilines is 1. The fourth-order valence-electron chi connectivity index (χ4n) is 1.50. The average molecular weight is 336 g/mol. The highest BCUT2D eigenvalue weighted by atomic mass is 79.9. The van der Waals surface area contributed by atoms with Gasteiger partial charge in [-0.2, -0.15) is 5.26 Å². The van der Waals surface area contributed by atoms with Crippen LogP contribution in [0, 0.1) is 21.4 Å². The molecular formula is C12H6BrN3O4. The molecule has 8 heteroatoms. The molecule has 1 aromatic carbocycles. The van der Waals surface area contributed by atoms with E-state index >= 15 is 0 Å². The number of nitrogens with zero attached hydrogens (tertiary/aromatic N) is 2. The minimum Gasteiger partial charge on any atom is -0.457 e. The van der Waals surface area contributed by atoms with Crippen LogP contribution in [0.3, 0.4) is 0 Å². The predicted molar refractivity (Wildman–Crippen MR) is 72.2 cm³/mol. The number of hydrogen-bond acceptors (Lipinski definition) is 5. The Hall–Kier alpha value is -2.66. The quantitative estimate of drug-likeness (QED) is 0.684. The lowest BCUT2D eigenvalue weighted by Crippen LogP contribution is -2.12. The third-order valence-corrected chi connectivity index (χ3v) is 3.05. The summed E-state index contributed by atoms with van der Waals surface area (Å²) >= 11 is 3.05. The molecule has 0 aliphatic rings. The average Bonchev–Trinajstić information content (AvgIpc) is 2.85. The largest absolute Gasteiger partial charge is 0.457 e. The molecule has 0 radical (unpaired) electrons. The topological polar surface area (TPSA) is 109 Å². The number of nitro benzene ring substituents is 1. The van der Waals surface area contributed by atoms with Crippen molar-refractivity contribution >= 4 is 33.2 Å². The Balaban J connectivity index is 2.35. The highest BCUT2D eigenvalue weighted by molar-refractivity contribution is 9.10. The number of hydrogen-bond donors (Lipinski definition) is 1. The fraction of sp³-hybridized carbons (Fsp3) is 0. The number of rotatable bonds is 3. The Labute approximate surface area is 121 Å². The molecule has 2 aromatic rings. The zero-order valence-corrected chi connectivity index (χ0v) is 11.4. The summed E-state index contributed by atoms with van der Waals surface area (Å²) in [7, 11) is 0. The zero-order valence-electron chi connectivity index (χ0n) is 9.79. The summed E-state index contributed by atoms with van der Waals surface area (Å²) in [6.07, 6.45) is 1.31. The van der Waals surface area contributed by atoms with Crippen molar-refractivity contribution in [3.8, 4) is 6.07 Å². The van der Waals surface area contributed by atoms with E-state index in [0.717, 1.165) is 6.07 Å². The summed E-state index contributed by atoms with van der Waals surface area (Å²) in [5, 5.41) is 22.1. The smallest absolute Gasteiger partial charge is 0.294 e. The van der Waals surface area contributed by atoms with E-state index < -0.39 is 10.8 Å². The molecule has 1 heterocycles. The zero-order chi connectivity index (χ0) is 14.7. The SMILES string of the molecule is N#Cc1ccc(NC(=O)c2ccoc2Br)c([N+](=O)[O-])c1. The van der Waals surface area contributed by atoms with E-state index in [0.29, 0.717) is 0 Å². The van der Waals surface area contributed by atoms with Crippen molar-refractivity contribution in [3.05, 3.63) is 56.4 Å². The van der Waals surface area contributed by atoms with Gasteiger partial charge in [-0.15, -0.1) is 0 Å². The van der Waals surface area contributed by atoms with E-state index in [-0.39, 0.29) is 27.2 Å². The third kappa shape index (κ3) is 2.67. The normalized spacial score (nSPS) is 9.80. The Morgan fingerprint density at radius 2 is 2.20 bits per heavy atom. The molecule has 7 nitrogen and oxygen atoms in total. The van der Waals surface area contributed by atoms with E-state index in [2.05, 4.69) is 21.2 Å². The molecule has 0 saturated carbocycles. The van der Waals surface area contributed by atoms with Gasteiger partial charge in [-0.25, -0.2) is 0 Å². The minimum atomic E-state index is -0.666. The van der Waals surface area contributed by atoms with Gasteiger partial charge in [0.15, 0.2) is 4.67 Å². The van der Waals surface area contributed by atoms with Gasteiger partial charge in [-0.3, -0.25) is 14.9 Å². The number of carbonyl (C=O) groups excluding carboxylic acids is 1. The number of nitriles is 1. The summed E-state index contributed by atoms with van der Waals surface area (Å²) in [5.41, 5.74) is 0.00645. The Morgan fingerprint density at radius 1 is 1.45 bits per heavy atom. The van der Waals surface area contributed by atoms with Gasteiger partial charge in [-0.05, 0) is 34.1 Å². The lowest BCUT2D eigenvalue weighted by molar-refractivity contribution is -0.383. The van der Waals surface area contributed by atoms with E-state index in [1.165, 1.54) is 24.5 Å². The van der Waals surface area contributed by atoms with Crippen LogP contribution in [0.1, 0.15) is 15.9 Å². The van der Waals surface area contributed by atoms with Gasteiger partial charge in [-0.1, -0.05) is 0 Å². The van der Waals surface area contributed by atoms with Crippen LogP contribution in [0.25, 0.3) is 0 Å². The highest BCUT2D eigenvalue weighted by Crippen LogP contribution is 2.27.